The Kier molecular flexibility index (Phi) is 9.93. The zero-order valence-corrected chi connectivity index (χ0v) is 26.5. The predicted octanol–water partition coefficient (Wildman–Crippen LogP) is 4.10. The number of piperazine rings is 1. The molecule has 2 aliphatic rings. The molecular weight excluding hydrogens is 602 g/mol. The van der Waals surface area contributed by atoms with Crippen LogP contribution in [0, 0.1) is 12.3 Å². The van der Waals surface area contributed by atoms with Gasteiger partial charge in [0.2, 0.25) is 11.8 Å². The molecule has 0 aliphatic carbocycles. The number of amidine groups is 1. The maximum Gasteiger partial charge on any atom is 0.245 e. The van der Waals surface area contributed by atoms with Gasteiger partial charge in [-0.1, -0.05) is 109 Å². The molecule has 2 saturated heterocycles. The highest BCUT2D eigenvalue weighted by Crippen LogP contribution is 2.32. The molecule has 1 N–H and O–H groups in total. The van der Waals surface area contributed by atoms with Gasteiger partial charge in [0.25, 0.3) is 0 Å². The molecule has 0 unspecified atom stereocenters. The second-order valence-electron chi connectivity index (χ2n) is 11.9. The van der Waals surface area contributed by atoms with Gasteiger partial charge in [0.1, 0.15) is 18.0 Å². The highest BCUT2D eigenvalue weighted by molar-refractivity contribution is 6.27. The molecule has 0 aromatic heterocycles. The number of hydrogen-bond acceptors (Lipinski definition) is 6. The van der Waals surface area contributed by atoms with Crippen molar-refractivity contribution in [3.05, 3.63) is 138 Å². The smallest absolute Gasteiger partial charge is 0.245 e. The summed E-state index contributed by atoms with van der Waals surface area (Å²) in [5, 5.41) is 13.3. The van der Waals surface area contributed by atoms with Crippen molar-refractivity contribution in [1.29, 1.82) is 0 Å². The third-order valence-electron chi connectivity index (χ3n) is 8.88. The number of phenolic OH excluding ortho intramolecular Hbond substituents is 1. The fourth-order valence-corrected chi connectivity index (χ4v) is 6.60. The van der Waals surface area contributed by atoms with Gasteiger partial charge in [-0.05, 0) is 34.4 Å². The molecule has 9 heteroatoms. The van der Waals surface area contributed by atoms with E-state index in [4.69, 9.17) is 11.4 Å². The molecule has 242 valence electrons. The van der Waals surface area contributed by atoms with E-state index < -0.39 is 12.2 Å². The largest absolute Gasteiger partial charge is 0.508 e. The zero-order valence-electron chi connectivity index (χ0n) is 26.5. The monoisotopic (exact) mass is 639 g/mol. The topological polar surface area (TPSA) is 96.8 Å². The van der Waals surface area contributed by atoms with E-state index in [0.29, 0.717) is 12.8 Å². The third-order valence-corrected chi connectivity index (χ3v) is 8.88. The molecule has 0 saturated carbocycles. The molecule has 9 nitrogen and oxygen atoms in total. The first-order chi connectivity index (χ1) is 23.5. The van der Waals surface area contributed by atoms with Crippen LogP contribution in [0.4, 0.5) is 0 Å². The standard InChI is InChI=1S/C39H37N5O4/c1-2-22-42-27-38(47)43-35(23-29-18-20-33(46)21-19-29)39(48)41(25-34(31-14-8-4-9-15-31)32-16-10-5-11-17-32)26-37(43)44(42)36(28-45)40-24-30-12-6-3-7-13-30/h1,3-21,28,34-35,37,46H,22-27H2/t35-,37-/m0/s1. The summed E-state index contributed by atoms with van der Waals surface area (Å²) in [4.78, 5) is 49.4. The van der Waals surface area contributed by atoms with Crippen LogP contribution in [0.3, 0.4) is 0 Å². The first-order valence-corrected chi connectivity index (χ1v) is 16.0. The van der Waals surface area contributed by atoms with Crippen molar-refractivity contribution < 1.29 is 19.5 Å². The lowest BCUT2D eigenvalue weighted by Gasteiger charge is -2.55. The lowest BCUT2D eigenvalue weighted by Crippen LogP contribution is -2.76. The van der Waals surface area contributed by atoms with Crippen LogP contribution in [-0.2, 0) is 27.3 Å². The maximum atomic E-state index is 14.6. The number of fused-ring (bicyclic) bond motifs is 1. The van der Waals surface area contributed by atoms with Crippen molar-refractivity contribution in [2.45, 2.75) is 31.1 Å². The van der Waals surface area contributed by atoms with E-state index in [1.165, 1.54) is 0 Å². The van der Waals surface area contributed by atoms with E-state index in [1.54, 1.807) is 44.1 Å². The number of carbonyl (C=O) groups excluding carboxylic acids is 3. The summed E-state index contributed by atoms with van der Waals surface area (Å²) in [5.41, 5.74) is 3.81. The number of hydrazine groups is 1. The summed E-state index contributed by atoms with van der Waals surface area (Å²) in [7, 11) is 0. The molecular formula is C39H37N5O4. The van der Waals surface area contributed by atoms with Crippen LogP contribution in [0.1, 0.15) is 28.2 Å². The van der Waals surface area contributed by atoms with Crippen LogP contribution in [0.15, 0.2) is 120 Å². The van der Waals surface area contributed by atoms with Crippen LogP contribution < -0.4 is 0 Å². The maximum absolute atomic E-state index is 14.6. The number of aliphatic imine (C=N–C) groups is 1. The number of phenols is 1. The van der Waals surface area contributed by atoms with Gasteiger partial charge in [0, 0.05) is 18.9 Å². The number of aldehydes is 1. The number of aromatic hydroxyl groups is 1. The molecule has 2 aliphatic heterocycles. The molecule has 2 fully saturated rings. The molecule has 2 atom stereocenters. The summed E-state index contributed by atoms with van der Waals surface area (Å²) in [6, 6.07) is 35.4. The van der Waals surface area contributed by atoms with Crippen molar-refractivity contribution in [1.82, 2.24) is 19.8 Å². The summed E-state index contributed by atoms with van der Waals surface area (Å²) in [6.07, 6.45) is 5.94. The van der Waals surface area contributed by atoms with Crippen LogP contribution in [0.5, 0.6) is 5.75 Å². The Morgan fingerprint density at radius 2 is 1.48 bits per heavy atom. The number of carbonyl (C=O) groups is 3. The van der Waals surface area contributed by atoms with E-state index in [9.17, 15) is 19.5 Å². The normalized spacial score (nSPS) is 18.5. The molecule has 48 heavy (non-hydrogen) atoms. The molecule has 2 amide bonds. The second-order valence-corrected chi connectivity index (χ2v) is 11.9. The van der Waals surface area contributed by atoms with Crippen molar-refractivity contribution in [2.75, 3.05) is 26.2 Å². The van der Waals surface area contributed by atoms with Gasteiger partial charge in [-0.15, -0.1) is 6.42 Å². The van der Waals surface area contributed by atoms with E-state index in [-0.39, 0.29) is 61.9 Å². The zero-order chi connectivity index (χ0) is 33.5. The first kappa shape index (κ1) is 32.2. The van der Waals surface area contributed by atoms with Gasteiger partial charge < -0.3 is 14.9 Å². The minimum absolute atomic E-state index is 0.0709. The predicted molar refractivity (Wildman–Crippen MR) is 183 cm³/mol. The first-order valence-electron chi connectivity index (χ1n) is 16.0. The van der Waals surface area contributed by atoms with E-state index in [0.717, 1.165) is 22.3 Å². The van der Waals surface area contributed by atoms with Crippen molar-refractivity contribution >= 4 is 23.9 Å². The van der Waals surface area contributed by atoms with Gasteiger partial charge in [-0.2, -0.15) is 5.01 Å². The van der Waals surface area contributed by atoms with Crippen molar-refractivity contribution in [3.63, 3.8) is 0 Å². The average Bonchev–Trinajstić information content (AvgIpc) is 3.12. The molecule has 0 bridgehead atoms. The summed E-state index contributed by atoms with van der Waals surface area (Å²) in [6.45, 7) is 0.681. The van der Waals surface area contributed by atoms with E-state index in [1.807, 2.05) is 66.7 Å². The molecule has 4 aromatic rings. The molecule has 0 radical (unpaired) electrons. The quantitative estimate of drug-likeness (QED) is 0.122. The lowest BCUT2D eigenvalue weighted by atomic mass is 9.89. The highest BCUT2D eigenvalue weighted by Gasteiger charge is 2.51. The average molecular weight is 640 g/mol. The lowest BCUT2D eigenvalue weighted by molar-refractivity contribution is -0.186. The van der Waals surface area contributed by atoms with Crippen molar-refractivity contribution in [2.24, 2.45) is 4.99 Å². The fraction of sp³-hybridized carbons (Fsp3) is 0.231. The second kappa shape index (κ2) is 14.8. The van der Waals surface area contributed by atoms with Gasteiger partial charge in [-0.3, -0.25) is 24.4 Å². The summed E-state index contributed by atoms with van der Waals surface area (Å²) >= 11 is 0. The van der Waals surface area contributed by atoms with E-state index >= 15 is 0 Å². The number of amides is 2. The number of hydrogen-bond donors (Lipinski definition) is 1. The number of nitrogens with zero attached hydrogens (tertiary/aromatic N) is 5. The van der Waals surface area contributed by atoms with Crippen LogP contribution in [0.2, 0.25) is 0 Å². The van der Waals surface area contributed by atoms with Crippen molar-refractivity contribution in [3.8, 4) is 18.1 Å². The van der Waals surface area contributed by atoms with Gasteiger partial charge in [0.05, 0.1) is 26.2 Å². The van der Waals surface area contributed by atoms with Crippen LogP contribution in [0.25, 0.3) is 0 Å². The minimum Gasteiger partial charge on any atom is -0.508 e. The highest BCUT2D eigenvalue weighted by atomic mass is 16.3. The van der Waals surface area contributed by atoms with Gasteiger partial charge in [0.15, 0.2) is 12.1 Å². The van der Waals surface area contributed by atoms with Crippen LogP contribution in [-0.4, -0.2) is 87.2 Å². The number of rotatable bonds is 10. The summed E-state index contributed by atoms with van der Waals surface area (Å²) in [5.74, 6) is 2.25. The number of benzene rings is 4. The molecule has 6 rings (SSSR count). The Morgan fingerprint density at radius 1 is 0.875 bits per heavy atom. The number of terminal acetylenes is 1. The Labute approximate surface area is 280 Å². The SMILES string of the molecule is C#CCN1CC(=O)N2[C@@H](Cc3ccc(O)cc3)C(=O)N(CC(c3ccccc3)c3ccccc3)C[C@@H]2N1C(C=O)=NCc1ccccc1. The summed E-state index contributed by atoms with van der Waals surface area (Å²) < 4.78 is 0. The van der Waals surface area contributed by atoms with Crippen LogP contribution >= 0.6 is 0 Å². The minimum atomic E-state index is -0.870. The van der Waals surface area contributed by atoms with Gasteiger partial charge in [-0.25, -0.2) is 0 Å². The van der Waals surface area contributed by atoms with E-state index in [2.05, 4.69) is 30.2 Å². The fourth-order valence-electron chi connectivity index (χ4n) is 6.60. The Balaban J connectivity index is 1.43. The third kappa shape index (κ3) is 6.99. The molecule has 0 spiro atoms. The Morgan fingerprint density at radius 3 is 2.06 bits per heavy atom. The molecule has 2 heterocycles. The Hall–Kier alpha value is -5.72. The van der Waals surface area contributed by atoms with Gasteiger partial charge >= 0.3 is 0 Å². The molecule has 4 aromatic carbocycles. The Bertz CT molecular complexity index is 1750.